The molecular formula is C7H14N2. The average molecular weight is 126 g/mol. The summed E-state index contributed by atoms with van der Waals surface area (Å²) in [7, 11) is 0. The smallest absolute Gasteiger partial charge is 0.0495 e. The van der Waals surface area contributed by atoms with Crippen LogP contribution in [0.2, 0.25) is 0 Å². The highest BCUT2D eigenvalue weighted by atomic mass is 15.5. The summed E-state index contributed by atoms with van der Waals surface area (Å²) < 4.78 is 0. The summed E-state index contributed by atoms with van der Waals surface area (Å²) >= 11 is 0. The predicted octanol–water partition coefficient (Wildman–Crippen LogP) is 1.47. The first kappa shape index (κ1) is 6.59. The number of rotatable bonds is 1. The molecule has 2 nitrogen and oxygen atoms in total. The van der Waals surface area contributed by atoms with Crippen LogP contribution in [0.5, 0.6) is 0 Å². The van der Waals surface area contributed by atoms with Crippen molar-refractivity contribution in [1.82, 2.24) is 5.01 Å². The first-order valence-electron chi connectivity index (χ1n) is 3.52. The monoisotopic (exact) mass is 126 g/mol. The molecule has 0 aromatic carbocycles. The van der Waals surface area contributed by atoms with Crippen LogP contribution in [0.15, 0.2) is 5.10 Å². The second-order valence-corrected chi connectivity index (χ2v) is 2.86. The van der Waals surface area contributed by atoms with E-state index in [-0.39, 0.29) is 0 Å². The molecule has 1 heterocycles. The van der Waals surface area contributed by atoms with Crippen LogP contribution in [0.3, 0.4) is 0 Å². The van der Waals surface area contributed by atoms with Gasteiger partial charge in [-0.05, 0) is 20.8 Å². The number of hydrogen-bond acceptors (Lipinski definition) is 2. The molecule has 1 rings (SSSR count). The fourth-order valence-corrected chi connectivity index (χ4v) is 1.16. The number of hydrogen-bond donors (Lipinski definition) is 0. The molecule has 0 fully saturated rings. The lowest BCUT2D eigenvalue weighted by Crippen LogP contribution is -2.29. The Hall–Kier alpha value is -0.530. The highest BCUT2D eigenvalue weighted by Crippen LogP contribution is 2.12. The van der Waals surface area contributed by atoms with Gasteiger partial charge in [-0.1, -0.05) is 0 Å². The molecule has 0 radical (unpaired) electrons. The molecule has 1 unspecified atom stereocenters. The Morgan fingerprint density at radius 1 is 1.67 bits per heavy atom. The van der Waals surface area contributed by atoms with E-state index in [0.29, 0.717) is 12.1 Å². The van der Waals surface area contributed by atoms with E-state index in [2.05, 4.69) is 30.9 Å². The zero-order valence-corrected chi connectivity index (χ0v) is 6.33. The van der Waals surface area contributed by atoms with Gasteiger partial charge in [0.05, 0.1) is 0 Å². The van der Waals surface area contributed by atoms with E-state index in [1.807, 2.05) is 6.21 Å². The van der Waals surface area contributed by atoms with Crippen molar-refractivity contribution >= 4 is 6.21 Å². The van der Waals surface area contributed by atoms with E-state index in [1.165, 1.54) is 0 Å². The van der Waals surface area contributed by atoms with Crippen LogP contribution in [0.25, 0.3) is 0 Å². The van der Waals surface area contributed by atoms with Crippen molar-refractivity contribution in [3.8, 4) is 0 Å². The Morgan fingerprint density at radius 2 is 2.33 bits per heavy atom. The first-order chi connectivity index (χ1) is 4.22. The minimum Gasteiger partial charge on any atom is -0.292 e. The van der Waals surface area contributed by atoms with Crippen molar-refractivity contribution in [3.05, 3.63) is 0 Å². The normalized spacial score (nSPS) is 26.2. The van der Waals surface area contributed by atoms with E-state index in [9.17, 15) is 0 Å². The maximum Gasteiger partial charge on any atom is 0.0495 e. The Labute approximate surface area is 56.5 Å². The molecule has 1 atom stereocenters. The highest BCUT2D eigenvalue weighted by molar-refractivity contribution is 5.59. The third-order valence-corrected chi connectivity index (χ3v) is 1.64. The van der Waals surface area contributed by atoms with Gasteiger partial charge in [0.25, 0.3) is 0 Å². The minimum atomic E-state index is 0.554. The lowest BCUT2D eigenvalue weighted by Gasteiger charge is -2.23. The van der Waals surface area contributed by atoms with Crippen LogP contribution < -0.4 is 0 Å². The van der Waals surface area contributed by atoms with Crippen molar-refractivity contribution in [2.75, 3.05) is 0 Å². The van der Waals surface area contributed by atoms with Crippen molar-refractivity contribution in [2.24, 2.45) is 5.10 Å². The number of nitrogens with zero attached hydrogens (tertiary/aromatic N) is 2. The van der Waals surface area contributed by atoms with Gasteiger partial charge in [-0.2, -0.15) is 5.10 Å². The minimum absolute atomic E-state index is 0.554. The van der Waals surface area contributed by atoms with E-state index >= 15 is 0 Å². The van der Waals surface area contributed by atoms with Gasteiger partial charge >= 0.3 is 0 Å². The van der Waals surface area contributed by atoms with Gasteiger partial charge in [0, 0.05) is 24.7 Å². The average Bonchev–Trinajstić information content (AvgIpc) is 2.13. The maximum atomic E-state index is 4.22. The van der Waals surface area contributed by atoms with Gasteiger partial charge in [-0.25, -0.2) is 0 Å². The Kier molecular flexibility index (Phi) is 1.74. The van der Waals surface area contributed by atoms with Gasteiger partial charge in [0.1, 0.15) is 0 Å². The van der Waals surface area contributed by atoms with Gasteiger partial charge in [0.2, 0.25) is 0 Å². The Morgan fingerprint density at radius 3 is 2.56 bits per heavy atom. The highest BCUT2D eigenvalue weighted by Gasteiger charge is 2.17. The summed E-state index contributed by atoms with van der Waals surface area (Å²) in [5.74, 6) is 0. The first-order valence-corrected chi connectivity index (χ1v) is 3.52. The van der Waals surface area contributed by atoms with Gasteiger partial charge in [-0.3, -0.25) is 5.01 Å². The molecule has 0 aromatic rings. The quantitative estimate of drug-likeness (QED) is 0.519. The third-order valence-electron chi connectivity index (χ3n) is 1.64. The molecule has 2 heteroatoms. The van der Waals surface area contributed by atoms with Crippen LogP contribution in [0.4, 0.5) is 0 Å². The molecule has 9 heavy (non-hydrogen) atoms. The molecule has 0 N–H and O–H groups in total. The Bertz CT molecular complexity index is 118. The zero-order chi connectivity index (χ0) is 6.85. The fraction of sp³-hybridized carbons (Fsp3) is 0.857. The van der Waals surface area contributed by atoms with E-state index in [4.69, 9.17) is 0 Å². The van der Waals surface area contributed by atoms with Gasteiger partial charge < -0.3 is 0 Å². The van der Waals surface area contributed by atoms with Crippen LogP contribution >= 0.6 is 0 Å². The summed E-state index contributed by atoms with van der Waals surface area (Å²) in [6.07, 6.45) is 3.10. The summed E-state index contributed by atoms with van der Waals surface area (Å²) in [6.45, 7) is 6.53. The molecule has 0 spiro atoms. The molecule has 0 aliphatic carbocycles. The zero-order valence-electron chi connectivity index (χ0n) is 6.33. The second-order valence-electron chi connectivity index (χ2n) is 2.86. The molecule has 1 aliphatic heterocycles. The fourth-order valence-electron chi connectivity index (χ4n) is 1.16. The molecular weight excluding hydrogens is 112 g/mol. The van der Waals surface area contributed by atoms with Gasteiger partial charge in [-0.15, -0.1) is 0 Å². The molecule has 52 valence electrons. The van der Waals surface area contributed by atoms with Crippen LogP contribution in [0.1, 0.15) is 27.2 Å². The van der Waals surface area contributed by atoms with E-state index in [0.717, 1.165) is 6.42 Å². The van der Waals surface area contributed by atoms with Crippen molar-refractivity contribution in [2.45, 2.75) is 39.3 Å². The van der Waals surface area contributed by atoms with E-state index in [1.54, 1.807) is 0 Å². The predicted molar refractivity (Wildman–Crippen MR) is 39.5 cm³/mol. The maximum absolute atomic E-state index is 4.22. The molecule has 0 aromatic heterocycles. The van der Waals surface area contributed by atoms with Crippen LogP contribution in [-0.2, 0) is 0 Å². The topological polar surface area (TPSA) is 15.6 Å². The summed E-state index contributed by atoms with van der Waals surface area (Å²) in [5, 5.41) is 6.36. The van der Waals surface area contributed by atoms with Crippen LogP contribution in [-0.4, -0.2) is 23.3 Å². The van der Waals surface area contributed by atoms with Crippen LogP contribution in [0, 0.1) is 0 Å². The third kappa shape index (κ3) is 1.23. The van der Waals surface area contributed by atoms with E-state index < -0.39 is 0 Å². The second kappa shape index (κ2) is 2.38. The lowest BCUT2D eigenvalue weighted by molar-refractivity contribution is 0.195. The summed E-state index contributed by atoms with van der Waals surface area (Å²) in [4.78, 5) is 0. The molecule has 0 saturated heterocycles. The van der Waals surface area contributed by atoms with Gasteiger partial charge in [0.15, 0.2) is 0 Å². The standard InChI is InChI=1S/C7H14N2/c1-6(2)9-7(3)4-5-8-9/h5-7H,4H2,1-3H3. The van der Waals surface area contributed by atoms with Crippen molar-refractivity contribution < 1.29 is 0 Å². The largest absolute Gasteiger partial charge is 0.292 e. The lowest BCUT2D eigenvalue weighted by atomic mass is 10.2. The number of hydrazone groups is 1. The summed E-state index contributed by atoms with van der Waals surface area (Å²) in [5.41, 5.74) is 0. The Balaban J connectivity index is 2.49. The molecule has 1 aliphatic rings. The SMILES string of the molecule is CC(C)N1N=CCC1C. The van der Waals surface area contributed by atoms with Crippen molar-refractivity contribution in [1.29, 1.82) is 0 Å². The molecule has 0 saturated carbocycles. The molecule has 0 bridgehead atoms. The summed E-state index contributed by atoms with van der Waals surface area (Å²) in [6, 6.07) is 1.17. The molecule has 0 amide bonds. The van der Waals surface area contributed by atoms with Crippen molar-refractivity contribution in [3.63, 3.8) is 0 Å².